The average Bonchev–Trinajstić information content (AvgIpc) is 2.79. The van der Waals surface area contributed by atoms with Gasteiger partial charge in [-0.05, 0) is 61.6 Å². The number of hydrogen-bond donors (Lipinski definition) is 1. The molecule has 0 radical (unpaired) electrons. The Morgan fingerprint density at radius 2 is 1.96 bits per heavy atom. The maximum absolute atomic E-state index is 10.9. The summed E-state index contributed by atoms with van der Waals surface area (Å²) in [7, 11) is 0. The molecular formula is C23H36O2. The first-order valence-electron chi connectivity index (χ1n) is 10.2. The third-order valence-corrected chi connectivity index (χ3v) is 6.61. The smallest absolute Gasteiger partial charge is 0.127 e. The van der Waals surface area contributed by atoms with Crippen molar-refractivity contribution in [1.82, 2.24) is 0 Å². The molecule has 0 saturated heterocycles. The van der Waals surface area contributed by atoms with Crippen LogP contribution < -0.4 is 4.74 Å². The van der Waals surface area contributed by atoms with Gasteiger partial charge in [0.05, 0.1) is 0 Å². The SMILES string of the molecule is CCCCCc1cc(O)c2c(c1)O[C@]1(C)CCC(C)[C@@H]1[C@@H]2C(C)(C)C. The van der Waals surface area contributed by atoms with E-state index in [4.69, 9.17) is 4.74 Å². The lowest BCUT2D eigenvalue weighted by atomic mass is 9.62. The summed E-state index contributed by atoms with van der Waals surface area (Å²) in [6, 6.07) is 4.22. The van der Waals surface area contributed by atoms with E-state index in [1.165, 1.54) is 31.2 Å². The van der Waals surface area contributed by atoms with Crippen LogP contribution >= 0.6 is 0 Å². The Bertz CT molecular complexity index is 628. The highest BCUT2D eigenvalue weighted by Gasteiger charge is 2.56. The van der Waals surface area contributed by atoms with Gasteiger partial charge in [0.2, 0.25) is 0 Å². The molecule has 1 aromatic carbocycles. The molecule has 1 aromatic rings. The van der Waals surface area contributed by atoms with Crippen LogP contribution in [0.4, 0.5) is 0 Å². The molecular weight excluding hydrogens is 308 g/mol. The van der Waals surface area contributed by atoms with Crippen LogP contribution in [0.15, 0.2) is 12.1 Å². The van der Waals surface area contributed by atoms with Crippen molar-refractivity contribution < 1.29 is 9.84 Å². The van der Waals surface area contributed by atoms with Gasteiger partial charge in [-0.15, -0.1) is 0 Å². The average molecular weight is 345 g/mol. The van der Waals surface area contributed by atoms with E-state index in [-0.39, 0.29) is 11.0 Å². The maximum atomic E-state index is 10.9. The number of fused-ring (bicyclic) bond motifs is 2. The van der Waals surface area contributed by atoms with Gasteiger partial charge in [0, 0.05) is 17.4 Å². The zero-order valence-electron chi connectivity index (χ0n) is 17.0. The summed E-state index contributed by atoms with van der Waals surface area (Å²) in [4.78, 5) is 0. The van der Waals surface area contributed by atoms with Crippen molar-refractivity contribution >= 4 is 0 Å². The lowest BCUT2D eigenvalue weighted by Crippen LogP contribution is -2.48. The fourth-order valence-corrected chi connectivity index (χ4v) is 5.45. The van der Waals surface area contributed by atoms with Crippen molar-refractivity contribution in [3.05, 3.63) is 23.3 Å². The molecule has 1 aliphatic carbocycles. The van der Waals surface area contributed by atoms with Gasteiger partial charge >= 0.3 is 0 Å². The Morgan fingerprint density at radius 1 is 1.24 bits per heavy atom. The molecule has 1 N–H and O–H groups in total. The molecule has 0 amide bonds. The Morgan fingerprint density at radius 3 is 2.60 bits per heavy atom. The molecule has 2 nitrogen and oxygen atoms in total. The highest BCUT2D eigenvalue weighted by molar-refractivity contribution is 5.53. The van der Waals surface area contributed by atoms with Crippen molar-refractivity contribution in [2.24, 2.45) is 17.3 Å². The molecule has 3 rings (SSSR count). The number of ether oxygens (including phenoxy) is 1. The Labute approximate surface area is 154 Å². The second-order valence-electron chi connectivity index (χ2n) is 9.78. The Kier molecular flexibility index (Phi) is 4.85. The minimum atomic E-state index is -0.0984. The van der Waals surface area contributed by atoms with Gasteiger partial charge in [-0.1, -0.05) is 47.5 Å². The summed E-state index contributed by atoms with van der Waals surface area (Å²) < 4.78 is 6.61. The second kappa shape index (κ2) is 6.52. The lowest BCUT2D eigenvalue weighted by Gasteiger charge is -2.49. The molecule has 0 spiro atoms. The van der Waals surface area contributed by atoms with Gasteiger partial charge in [-0.2, -0.15) is 0 Å². The molecule has 25 heavy (non-hydrogen) atoms. The van der Waals surface area contributed by atoms with Crippen LogP contribution in [0.2, 0.25) is 0 Å². The van der Waals surface area contributed by atoms with Crippen LogP contribution in [0.25, 0.3) is 0 Å². The van der Waals surface area contributed by atoms with Crippen LogP contribution in [0.5, 0.6) is 11.5 Å². The predicted octanol–water partition coefficient (Wildman–Crippen LogP) is 6.45. The number of aryl methyl sites for hydroxylation is 1. The van der Waals surface area contributed by atoms with E-state index in [1.54, 1.807) is 0 Å². The molecule has 1 heterocycles. The van der Waals surface area contributed by atoms with E-state index in [9.17, 15) is 5.11 Å². The van der Waals surface area contributed by atoms with Gasteiger partial charge < -0.3 is 9.84 Å². The van der Waals surface area contributed by atoms with Crippen molar-refractivity contribution in [1.29, 1.82) is 0 Å². The first-order chi connectivity index (χ1) is 11.7. The first-order valence-corrected chi connectivity index (χ1v) is 10.2. The summed E-state index contributed by atoms with van der Waals surface area (Å²) in [5.41, 5.74) is 2.27. The summed E-state index contributed by atoms with van der Waals surface area (Å²) in [5, 5.41) is 10.9. The number of hydrogen-bond acceptors (Lipinski definition) is 2. The van der Waals surface area contributed by atoms with Gasteiger partial charge in [0.15, 0.2) is 0 Å². The van der Waals surface area contributed by atoms with Gasteiger partial charge in [-0.25, -0.2) is 0 Å². The maximum Gasteiger partial charge on any atom is 0.127 e. The molecule has 4 atom stereocenters. The molecule has 0 bridgehead atoms. The summed E-state index contributed by atoms with van der Waals surface area (Å²) in [5.74, 6) is 2.83. The fraction of sp³-hybridized carbons (Fsp3) is 0.739. The van der Waals surface area contributed by atoms with E-state index < -0.39 is 0 Å². The normalized spacial score (nSPS) is 31.4. The molecule has 140 valence electrons. The first kappa shape index (κ1) is 18.6. The zero-order valence-corrected chi connectivity index (χ0v) is 17.0. The van der Waals surface area contributed by atoms with Crippen molar-refractivity contribution in [2.45, 2.75) is 91.6 Å². The van der Waals surface area contributed by atoms with E-state index >= 15 is 0 Å². The largest absolute Gasteiger partial charge is 0.508 e. The zero-order chi connectivity index (χ0) is 18.4. The Hall–Kier alpha value is -1.18. The summed E-state index contributed by atoms with van der Waals surface area (Å²) >= 11 is 0. The second-order valence-corrected chi connectivity index (χ2v) is 9.78. The minimum absolute atomic E-state index is 0.0984. The number of aromatic hydroxyl groups is 1. The predicted molar refractivity (Wildman–Crippen MR) is 104 cm³/mol. The van der Waals surface area contributed by atoms with Crippen molar-refractivity contribution in [3.63, 3.8) is 0 Å². The number of unbranched alkanes of at least 4 members (excludes halogenated alkanes) is 2. The van der Waals surface area contributed by atoms with Crippen LogP contribution in [-0.4, -0.2) is 10.7 Å². The summed E-state index contributed by atoms with van der Waals surface area (Å²) in [6.45, 7) is 13.8. The van der Waals surface area contributed by atoms with E-state index in [0.29, 0.717) is 23.5 Å². The van der Waals surface area contributed by atoms with Gasteiger partial charge in [-0.3, -0.25) is 0 Å². The van der Waals surface area contributed by atoms with Crippen molar-refractivity contribution in [2.75, 3.05) is 0 Å². The highest BCUT2D eigenvalue weighted by Crippen LogP contribution is 2.61. The highest BCUT2D eigenvalue weighted by atomic mass is 16.5. The number of phenolic OH excluding ortho intramolecular Hbond substituents is 1. The van der Waals surface area contributed by atoms with Gasteiger partial charge in [0.1, 0.15) is 17.1 Å². The third kappa shape index (κ3) is 3.29. The number of benzene rings is 1. The fourth-order valence-electron chi connectivity index (χ4n) is 5.45. The third-order valence-electron chi connectivity index (χ3n) is 6.61. The summed E-state index contributed by atoms with van der Waals surface area (Å²) in [6.07, 6.45) is 6.98. The van der Waals surface area contributed by atoms with E-state index in [1.807, 2.05) is 6.07 Å². The molecule has 1 fully saturated rings. The number of rotatable bonds is 4. The quantitative estimate of drug-likeness (QED) is 0.636. The van der Waals surface area contributed by atoms with Crippen LogP contribution in [-0.2, 0) is 6.42 Å². The minimum Gasteiger partial charge on any atom is -0.508 e. The van der Waals surface area contributed by atoms with Crippen molar-refractivity contribution in [3.8, 4) is 11.5 Å². The molecule has 2 aliphatic rings. The molecule has 1 saturated carbocycles. The van der Waals surface area contributed by atoms with E-state index in [0.717, 1.165) is 24.2 Å². The molecule has 0 aromatic heterocycles. The molecule has 1 aliphatic heterocycles. The van der Waals surface area contributed by atoms with Crippen LogP contribution in [0.3, 0.4) is 0 Å². The van der Waals surface area contributed by atoms with Crippen LogP contribution in [0.1, 0.15) is 90.7 Å². The molecule has 1 unspecified atom stereocenters. The standard InChI is InChI=1S/C23H36O2/c1-7-8-9-10-16-13-17(24)19-18(14-16)25-23(6)12-11-15(2)20(23)21(19)22(3,4)5/h13-15,20-21,24H,7-12H2,1-6H3/t15?,20-,21-,23-/m1/s1. The van der Waals surface area contributed by atoms with Crippen LogP contribution in [0, 0.1) is 17.3 Å². The number of phenols is 1. The van der Waals surface area contributed by atoms with Gasteiger partial charge in [0.25, 0.3) is 0 Å². The van der Waals surface area contributed by atoms with E-state index in [2.05, 4.69) is 47.6 Å². The Balaban J connectivity index is 2.06. The molecule has 2 heteroatoms. The topological polar surface area (TPSA) is 29.5 Å². The lowest BCUT2D eigenvalue weighted by molar-refractivity contribution is -0.0192. The monoisotopic (exact) mass is 344 g/mol.